The lowest BCUT2D eigenvalue weighted by Gasteiger charge is -2.35. The molecule has 3 N–H and O–H groups in total. The molecule has 2 aromatic carbocycles. The third-order valence-corrected chi connectivity index (χ3v) is 5.21. The number of nitrogens with one attached hydrogen (secondary N) is 1. The summed E-state index contributed by atoms with van der Waals surface area (Å²) in [6.07, 6.45) is 0.540. The molecule has 2 atom stereocenters. The molecule has 1 aliphatic heterocycles. The monoisotopic (exact) mass is 380 g/mol. The second-order valence-corrected chi connectivity index (χ2v) is 7.85. The summed E-state index contributed by atoms with van der Waals surface area (Å²) >= 11 is 0. The van der Waals surface area contributed by atoms with Crippen LogP contribution in [0.4, 0.5) is 5.69 Å². The minimum atomic E-state index is 0.270. The molecule has 1 heterocycles. The molecule has 28 heavy (non-hydrogen) atoms. The third-order valence-electron chi connectivity index (χ3n) is 5.21. The van der Waals surface area contributed by atoms with E-state index >= 15 is 0 Å². The zero-order valence-corrected chi connectivity index (χ0v) is 17.4. The Morgan fingerprint density at radius 2 is 1.75 bits per heavy atom. The minimum Gasteiger partial charge on any atom is -0.373 e. The molecule has 2 unspecified atom stereocenters. The van der Waals surface area contributed by atoms with Crippen LogP contribution in [-0.4, -0.2) is 36.2 Å². The fourth-order valence-corrected chi connectivity index (χ4v) is 3.70. The zero-order chi connectivity index (χ0) is 20.1. The molecule has 0 amide bonds. The van der Waals surface area contributed by atoms with E-state index < -0.39 is 0 Å². The van der Waals surface area contributed by atoms with Crippen LogP contribution in [0.2, 0.25) is 0 Å². The van der Waals surface area contributed by atoms with Crippen LogP contribution in [0.25, 0.3) is 0 Å². The minimum absolute atomic E-state index is 0.270. The van der Waals surface area contributed by atoms with Gasteiger partial charge in [0.2, 0.25) is 0 Å². The van der Waals surface area contributed by atoms with Crippen LogP contribution < -0.4 is 11.1 Å². The van der Waals surface area contributed by atoms with Gasteiger partial charge in [-0.05, 0) is 62.1 Å². The first kappa shape index (κ1) is 20.4. The lowest BCUT2D eigenvalue weighted by molar-refractivity contribution is -0.0705. The lowest BCUT2D eigenvalue weighted by Crippen LogP contribution is -2.44. The van der Waals surface area contributed by atoms with E-state index in [4.69, 9.17) is 10.5 Å². The van der Waals surface area contributed by atoms with E-state index in [0.29, 0.717) is 12.5 Å². The van der Waals surface area contributed by atoms with Gasteiger partial charge in [0.25, 0.3) is 0 Å². The number of rotatable bonds is 5. The molecule has 0 saturated carbocycles. The first-order valence-corrected chi connectivity index (χ1v) is 9.99. The van der Waals surface area contributed by atoms with Crippen molar-refractivity contribution in [1.82, 2.24) is 4.90 Å². The van der Waals surface area contributed by atoms with Crippen molar-refractivity contribution in [1.29, 1.82) is 0 Å². The van der Waals surface area contributed by atoms with Crippen LogP contribution in [0, 0.1) is 13.8 Å². The number of hydrogen-bond donors (Lipinski definition) is 2. The molecule has 3 rings (SSSR count). The van der Waals surface area contributed by atoms with Crippen molar-refractivity contribution in [3.8, 4) is 0 Å². The van der Waals surface area contributed by atoms with Gasteiger partial charge in [0, 0.05) is 25.3 Å². The number of nitrogens with zero attached hydrogens (tertiary/aromatic N) is 2. The number of ether oxygens (including phenoxy) is 1. The standard InChI is InChI=1S/C23H32N4O/c1-16-9-10-22(11-17(16)2)26-23(24)25-12-20-7-5-6-8-21(20)15-27-13-18(3)28-19(4)14-27/h5-11,18-19H,12-15H2,1-4H3,(H3,24,25,26). The van der Waals surface area contributed by atoms with Gasteiger partial charge >= 0.3 is 0 Å². The molecule has 1 saturated heterocycles. The molecule has 0 aliphatic carbocycles. The van der Waals surface area contributed by atoms with E-state index in [-0.39, 0.29) is 12.2 Å². The van der Waals surface area contributed by atoms with Gasteiger partial charge in [0.1, 0.15) is 0 Å². The van der Waals surface area contributed by atoms with Gasteiger partial charge < -0.3 is 15.8 Å². The van der Waals surface area contributed by atoms with E-state index in [0.717, 1.165) is 25.3 Å². The Bertz CT molecular complexity index is 823. The summed E-state index contributed by atoms with van der Waals surface area (Å²) in [5.74, 6) is 0.437. The van der Waals surface area contributed by atoms with E-state index in [1.54, 1.807) is 0 Å². The summed E-state index contributed by atoms with van der Waals surface area (Å²) in [6, 6.07) is 14.7. The topological polar surface area (TPSA) is 62.9 Å². The average molecular weight is 381 g/mol. The molecule has 150 valence electrons. The molecule has 0 aromatic heterocycles. The summed E-state index contributed by atoms with van der Waals surface area (Å²) in [4.78, 5) is 7.02. The van der Waals surface area contributed by atoms with E-state index in [2.05, 4.69) is 79.3 Å². The Morgan fingerprint density at radius 1 is 1.07 bits per heavy atom. The van der Waals surface area contributed by atoms with Crippen molar-refractivity contribution in [2.24, 2.45) is 10.7 Å². The van der Waals surface area contributed by atoms with Gasteiger partial charge in [-0.1, -0.05) is 30.3 Å². The molecular formula is C23H32N4O. The van der Waals surface area contributed by atoms with Gasteiger partial charge in [-0.25, -0.2) is 4.99 Å². The summed E-state index contributed by atoms with van der Waals surface area (Å²) in [6.45, 7) is 11.9. The summed E-state index contributed by atoms with van der Waals surface area (Å²) in [5, 5.41) is 3.19. The maximum atomic E-state index is 6.12. The Balaban J connectivity index is 1.65. The maximum Gasteiger partial charge on any atom is 0.193 e. The number of hydrogen-bond acceptors (Lipinski definition) is 3. The molecule has 2 aromatic rings. The number of morpholine rings is 1. The number of guanidine groups is 1. The lowest BCUT2D eigenvalue weighted by atomic mass is 10.1. The molecule has 1 aliphatic rings. The second-order valence-electron chi connectivity index (χ2n) is 7.85. The Kier molecular flexibility index (Phi) is 6.70. The smallest absolute Gasteiger partial charge is 0.193 e. The number of aliphatic imine (C=N–C) groups is 1. The third kappa shape index (κ3) is 5.57. The van der Waals surface area contributed by atoms with Gasteiger partial charge in [0.05, 0.1) is 18.8 Å². The molecule has 0 spiro atoms. The SMILES string of the molecule is Cc1ccc(NC(N)=NCc2ccccc2CN2CC(C)OC(C)C2)cc1C. The molecule has 1 fully saturated rings. The van der Waals surface area contributed by atoms with Crippen LogP contribution in [0.15, 0.2) is 47.5 Å². The first-order chi connectivity index (χ1) is 13.4. The first-order valence-electron chi connectivity index (χ1n) is 9.99. The quantitative estimate of drug-likeness (QED) is 0.611. The molecule has 0 radical (unpaired) electrons. The van der Waals surface area contributed by atoms with Gasteiger partial charge in [-0.3, -0.25) is 4.90 Å². The van der Waals surface area contributed by atoms with Crippen LogP contribution in [0.5, 0.6) is 0 Å². The average Bonchev–Trinajstić information content (AvgIpc) is 2.63. The van der Waals surface area contributed by atoms with Crippen LogP contribution >= 0.6 is 0 Å². The Morgan fingerprint density at radius 3 is 2.43 bits per heavy atom. The predicted octanol–water partition coefficient (Wildman–Crippen LogP) is 3.84. The van der Waals surface area contributed by atoms with Gasteiger partial charge in [0.15, 0.2) is 5.96 Å². The largest absolute Gasteiger partial charge is 0.373 e. The number of aryl methyl sites for hydroxylation is 2. The van der Waals surface area contributed by atoms with Crippen molar-refractivity contribution in [2.75, 3.05) is 18.4 Å². The second kappa shape index (κ2) is 9.22. The molecule has 0 bridgehead atoms. The summed E-state index contributed by atoms with van der Waals surface area (Å²) < 4.78 is 5.85. The van der Waals surface area contributed by atoms with Crippen molar-refractivity contribution in [3.05, 3.63) is 64.7 Å². The zero-order valence-electron chi connectivity index (χ0n) is 17.4. The van der Waals surface area contributed by atoms with Crippen molar-refractivity contribution in [3.63, 3.8) is 0 Å². The van der Waals surface area contributed by atoms with Crippen molar-refractivity contribution < 1.29 is 4.74 Å². The number of benzene rings is 2. The van der Waals surface area contributed by atoms with E-state index in [9.17, 15) is 0 Å². The number of nitrogens with two attached hydrogens (primary N) is 1. The normalized spacial score (nSPS) is 20.9. The maximum absolute atomic E-state index is 6.12. The fraction of sp³-hybridized carbons (Fsp3) is 0.435. The fourth-order valence-electron chi connectivity index (χ4n) is 3.70. The molecular weight excluding hydrogens is 348 g/mol. The molecule has 5 nitrogen and oxygen atoms in total. The highest BCUT2D eigenvalue weighted by atomic mass is 16.5. The van der Waals surface area contributed by atoms with Crippen LogP contribution in [0.3, 0.4) is 0 Å². The van der Waals surface area contributed by atoms with Crippen LogP contribution in [0.1, 0.15) is 36.1 Å². The van der Waals surface area contributed by atoms with Crippen molar-refractivity contribution in [2.45, 2.75) is 53.0 Å². The predicted molar refractivity (Wildman–Crippen MR) is 117 cm³/mol. The highest BCUT2D eigenvalue weighted by molar-refractivity contribution is 5.92. The van der Waals surface area contributed by atoms with E-state index in [1.807, 2.05) is 6.07 Å². The number of anilines is 1. The van der Waals surface area contributed by atoms with Gasteiger partial charge in [-0.2, -0.15) is 0 Å². The highest BCUT2D eigenvalue weighted by Gasteiger charge is 2.22. The van der Waals surface area contributed by atoms with Crippen LogP contribution in [-0.2, 0) is 17.8 Å². The summed E-state index contributed by atoms with van der Waals surface area (Å²) in [5.41, 5.74) is 12.1. The Hall–Kier alpha value is -2.37. The highest BCUT2D eigenvalue weighted by Crippen LogP contribution is 2.18. The Labute approximate surface area is 168 Å². The summed E-state index contributed by atoms with van der Waals surface area (Å²) in [7, 11) is 0. The van der Waals surface area contributed by atoms with E-state index in [1.165, 1.54) is 22.3 Å². The molecule has 5 heteroatoms. The van der Waals surface area contributed by atoms with Crippen molar-refractivity contribution >= 4 is 11.6 Å². The van der Waals surface area contributed by atoms with Gasteiger partial charge in [-0.15, -0.1) is 0 Å².